The van der Waals surface area contributed by atoms with Crippen LogP contribution in [0.5, 0.6) is 0 Å². The summed E-state index contributed by atoms with van der Waals surface area (Å²) in [6.45, 7) is 6.84. The van der Waals surface area contributed by atoms with Crippen LogP contribution in [0, 0.1) is 0 Å². The summed E-state index contributed by atoms with van der Waals surface area (Å²) in [4.78, 5) is 24.4. The molecule has 0 fully saturated rings. The molecule has 4 nitrogen and oxygen atoms in total. The molecule has 0 aliphatic heterocycles. The van der Waals surface area contributed by atoms with Crippen molar-refractivity contribution >= 4 is 11.9 Å². The number of unbranched alkanes of at least 4 members (excludes halogenated alkanes) is 15. The Morgan fingerprint density at radius 1 is 0.531 bits per heavy atom. The van der Waals surface area contributed by atoms with Crippen molar-refractivity contribution in [3.63, 3.8) is 0 Å². The fourth-order valence-electron chi connectivity index (χ4n) is 3.93. The smallest absolute Gasteiger partial charge is 0.306 e. The van der Waals surface area contributed by atoms with Crippen LogP contribution in [-0.4, -0.2) is 24.6 Å². The summed E-state index contributed by atoms with van der Waals surface area (Å²) in [6, 6.07) is 0. The number of ether oxygens (including phenoxy) is 2. The molecule has 0 aromatic heterocycles. The van der Waals surface area contributed by atoms with E-state index in [0.29, 0.717) is 12.8 Å². The molecule has 0 radical (unpaired) electrons. The molecule has 4 heteroatoms. The molecule has 0 saturated heterocycles. The van der Waals surface area contributed by atoms with Crippen LogP contribution in [0.2, 0.25) is 0 Å². The minimum Gasteiger partial charge on any atom is -0.462 e. The van der Waals surface area contributed by atoms with Crippen molar-refractivity contribution in [2.75, 3.05) is 6.61 Å². The Morgan fingerprint density at radius 2 is 0.938 bits per heavy atom. The van der Waals surface area contributed by atoms with Gasteiger partial charge in [0, 0.05) is 12.8 Å². The number of rotatable bonds is 24. The predicted octanol–water partition coefficient (Wildman–Crippen LogP) is 8.69. The van der Waals surface area contributed by atoms with Gasteiger partial charge in [-0.15, -0.1) is 0 Å². The van der Waals surface area contributed by atoms with E-state index in [-0.39, 0.29) is 24.6 Å². The van der Waals surface area contributed by atoms with Crippen LogP contribution in [0.25, 0.3) is 0 Å². The Morgan fingerprint density at radius 3 is 1.44 bits per heavy atom. The van der Waals surface area contributed by atoms with Crippen LogP contribution in [0.4, 0.5) is 0 Å². The molecule has 0 saturated carbocycles. The largest absolute Gasteiger partial charge is 0.462 e. The summed E-state index contributed by atoms with van der Waals surface area (Å²) in [7, 11) is 0. The first-order valence-corrected chi connectivity index (χ1v) is 14.0. The van der Waals surface area contributed by atoms with Gasteiger partial charge in [0.15, 0.2) is 0 Å². The summed E-state index contributed by atoms with van der Waals surface area (Å²) in [5.41, 5.74) is 0. The standard InChI is InChI=1S/C28H54O4/c1-4-7-10-13-14-15-18-19-22-26(32-28(30)24-21-17-12-9-6-3)25-31-27(29)23-20-16-11-8-5-2/h26H,4-25H2,1-3H3. The highest BCUT2D eigenvalue weighted by Gasteiger charge is 2.17. The van der Waals surface area contributed by atoms with Crippen molar-refractivity contribution in [1.29, 1.82) is 0 Å². The lowest BCUT2D eigenvalue weighted by atomic mass is 10.1. The topological polar surface area (TPSA) is 52.6 Å². The second-order valence-corrected chi connectivity index (χ2v) is 9.39. The first-order chi connectivity index (χ1) is 15.6. The summed E-state index contributed by atoms with van der Waals surface area (Å²) in [5.74, 6) is -0.292. The monoisotopic (exact) mass is 454 g/mol. The van der Waals surface area contributed by atoms with Crippen molar-refractivity contribution < 1.29 is 19.1 Å². The highest BCUT2D eigenvalue weighted by atomic mass is 16.6. The quantitative estimate of drug-likeness (QED) is 0.108. The zero-order valence-corrected chi connectivity index (χ0v) is 21.8. The van der Waals surface area contributed by atoms with Gasteiger partial charge < -0.3 is 9.47 Å². The van der Waals surface area contributed by atoms with Crippen molar-refractivity contribution in [1.82, 2.24) is 0 Å². The molecule has 0 N–H and O–H groups in total. The van der Waals surface area contributed by atoms with E-state index in [1.54, 1.807) is 0 Å². The number of hydrogen-bond donors (Lipinski definition) is 0. The number of carbonyl (C=O) groups excluding carboxylic acids is 2. The molecule has 0 rings (SSSR count). The van der Waals surface area contributed by atoms with E-state index in [2.05, 4.69) is 20.8 Å². The van der Waals surface area contributed by atoms with Gasteiger partial charge in [-0.05, 0) is 25.7 Å². The molecular weight excluding hydrogens is 400 g/mol. The summed E-state index contributed by atoms with van der Waals surface area (Å²) in [6.07, 6.45) is 22.6. The van der Waals surface area contributed by atoms with Gasteiger partial charge in [0.05, 0.1) is 0 Å². The van der Waals surface area contributed by atoms with Gasteiger partial charge in [-0.2, -0.15) is 0 Å². The molecule has 0 heterocycles. The molecule has 0 amide bonds. The highest BCUT2D eigenvalue weighted by molar-refractivity contribution is 5.70. The average Bonchev–Trinajstić information content (AvgIpc) is 2.78. The fraction of sp³-hybridized carbons (Fsp3) is 0.929. The van der Waals surface area contributed by atoms with Gasteiger partial charge in [0.2, 0.25) is 0 Å². The van der Waals surface area contributed by atoms with E-state index < -0.39 is 0 Å². The molecule has 0 aliphatic rings. The van der Waals surface area contributed by atoms with Gasteiger partial charge in [-0.25, -0.2) is 0 Å². The minimum absolute atomic E-state index is 0.137. The van der Waals surface area contributed by atoms with Crippen molar-refractivity contribution in [3.05, 3.63) is 0 Å². The summed E-state index contributed by atoms with van der Waals surface area (Å²) < 4.78 is 11.2. The Labute approximate surface area is 199 Å². The zero-order chi connectivity index (χ0) is 23.7. The normalized spacial score (nSPS) is 12.0. The van der Waals surface area contributed by atoms with Crippen LogP contribution in [-0.2, 0) is 19.1 Å². The summed E-state index contributed by atoms with van der Waals surface area (Å²) >= 11 is 0. The van der Waals surface area contributed by atoms with Crippen molar-refractivity contribution in [3.8, 4) is 0 Å². The predicted molar refractivity (Wildman–Crippen MR) is 135 cm³/mol. The molecule has 1 atom stereocenters. The Balaban J connectivity index is 4.19. The maximum atomic E-state index is 12.3. The van der Waals surface area contributed by atoms with E-state index >= 15 is 0 Å². The van der Waals surface area contributed by atoms with E-state index in [1.807, 2.05) is 0 Å². The molecule has 0 bridgehead atoms. The average molecular weight is 455 g/mol. The molecule has 190 valence electrons. The lowest BCUT2D eigenvalue weighted by molar-refractivity contribution is -0.159. The third-order valence-electron chi connectivity index (χ3n) is 6.08. The highest BCUT2D eigenvalue weighted by Crippen LogP contribution is 2.14. The molecule has 0 aromatic rings. The number of hydrogen-bond acceptors (Lipinski definition) is 4. The molecule has 0 spiro atoms. The van der Waals surface area contributed by atoms with E-state index in [9.17, 15) is 9.59 Å². The van der Waals surface area contributed by atoms with Gasteiger partial charge in [0.25, 0.3) is 0 Å². The second-order valence-electron chi connectivity index (χ2n) is 9.39. The minimum atomic E-state index is -0.290. The maximum absolute atomic E-state index is 12.3. The molecule has 1 unspecified atom stereocenters. The van der Waals surface area contributed by atoms with Crippen LogP contribution in [0.3, 0.4) is 0 Å². The molecule has 0 aliphatic carbocycles. The summed E-state index contributed by atoms with van der Waals surface area (Å²) in [5, 5.41) is 0. The molecular formula is C28H54O4. The Kier molecular flexibility index (Phi) is 23.8. The second kappa shape index (κ2) is 24.6. The Bertz CT molecular complexity index is 422. The van der Waals surface area contributed by atoms with Gasteiger partial charge in [-0.3, -0.25) is 9.59 Å². The third-order valence-corrected chi connectivity index (χ3v) is 6.08. The van der Waals surface area contributed by atoms with Crippen LogP contribution < -0.4 is 0 Å². The van der Waals surface area contributed by atoms with Gasteiger partial charge in [-0.1, -0.05) is 117 Å². The maximum Gasteiger partial charge on any atom is 0.306 e. The van der Waals surface area contributed by atoms with Crippen LogP contribution in [0.15, 0.2) is 0 Å². The fourth-order valence-corrected chi connectivity index (χ4v) is 3.93. The number of esters is 2. The van der Waals surface area contributed by atoms with Gasteiger partial charge in [0.1, 0.15) is 12.7 Å². The van der Waals surface area contributed by atoms with Crippen LogP contribution in [0.1, 0.15) is 156 Å². The molecule has 0 aromatic carbocycles. The van der Waals surface area contributed by atoms with Crippen LogP contribution >= 0.6 is 0 Å². The first kappa shape index (κ1) is 30.9. The number of carbonyl (C=O) groups is 2. The van der Waals surface area contributed by atoms with E-state index in [0.717, 1.165) is 44.9 Å². The zero-order valence-electron chi connectivity index (χ0n) is 21.8. The molecule has 32 heavy (non-hydrogen) atoms. The van der Waals surface area contributed by atoms with E-state index in [4.69, 9.17) is 9.47 Å². The van der Waals surface area contributed by atoms with E-state index in [1.165, 1.54) is 77.0 Å². The SMILES string of the molecule is CCCCCCCCCCC(COC(=O)CCCCCCC)OC(=O)CCCCCCC. The van der Waals surface area contributed by atoms with Crippen molar-refractivity contribution in [2.45, 2.75) is 162 Å². The Hall–Kier alpha value is -1.06. The lowest BCUT2D eigenvalue weighted by Gasteiger charge is -2.18. The first-order valence-electron chi connectivity index (χ1n) is 14.0. The lowest BCUT2D eigenvalue weighted by Crippen LogP contribution is -2.25. The van der Waals surface area contributed by atoms with Gasteiger partial charge >= 0.3 is 11.9 Å². The third kappa shape index (κ3) is 22.1. The van der Waals surface area contributed by atoms with Crippen molar-refractivity contribution in [2.24, 2.45) is 0 Å².